The van der Waals surface area contributed by atoms with Gasteiger partial charge in [0.15, 0.2) is 0 Å². The Morgan fingerprint density at radius 3 is 2.58 bits per heavy atom. The van der Waals surface area contributed by atoms with Crippen LogP contribution < -0.4 is 10.0 Å². The van der Waals surface area contributed by atoms with E-state index in [9.17, 15) is 8.42 Å². The van der Waals surface area contributed by atoms with Crippen molar-refractivity contribution in [3.63, 3.8) is 0 Å². The van der Waals surface area contributed by atoms with Crippen LogP contribution in [0.1, 0.15) is 24.2 Å². The normalized spacial score (nSPS) is 23.2. The lowest BCUT2D eigenvalue weighted by Gasteiger charge is -2.38. The molecule has 0 aliphatic carbocycles. The Morgan fingerprint density at radius 1 is 1.15 bits per heavy atom. The van der Waals surface area contributed by atoms with Gasteiger partial charge in [-0.1, -0.05) is 12.1 Å². The highest BCUT2D eigenvalue weighted by molar-refractivity contribution is 7.89. The van der Waals surface area contributed by atoms with Gasteiger partial charge >= 0.3 is 0 Å². The number of nitrogens with zero attached hydrogens (tertiary/aromatic N) is 3. The lowest BCUT2D eigenvalue weighted by Crippen LogP contribution is -2.51. The van der Waals surface area contributed by atoms with Crippen LogP contribution in [0.2, 0.25) is 0 Å². The van der Waals surface area contributed by atoms with E-state index in [1.807, 2.05) is 31.5 Å². The smallest absolute Gasteiger partial charge is 0.244 e. The largest absolute Gasteiger partial charge is 0.368 e. The molecule has 0 unspecified atom stereocenters. The molecule has 1 saturated heterocycles. The summed E-state index contributed by atoms with van der Waals surface area (Å²) in [6, 6.07) is 7.06. The van der Waals surface area contributed by atoms with Crippen LogP contribution in [-0.4, -0.2) is 42.5 Å². The van der Waals surface area contributed by atoms with Gasteiger partial charge in [0.2, 0.25) is 10.0 Å². The van der Waals surface area contributed by atoms with E-state index in [1.165, 1.54) is 0 Å². The standard InChI is InChI=1S/C18H23N5O2S/c1-13-19-10-14(11-20-13)12-23-8-6-15(7-9-23)18-21-16-4-2-3-5-17(16)26(24,25)22-18/h2-5,10-11,15,18,21-22H,6-9,12H2,1H3/t18-/m0/s1. The first-order valence-corrected chi connectivity index (χ1v) is 10.4. The van der Waals surface area contributed by atoms with Gasteiger partial charge in [-0.2, -0.15) is 4.72 Å². The SMILES string of the molecule is Cc1ncc(CN2CCC([C@H]3Nc4ccccc4S(=O)(=O)N3)CC2)cn1. The molecule has 0 spiro atoms. The average molecular weight is 373 g/mol. The van der Waals surface area contributed by atoms with E-state index in [0.717, 1.165) is 43.9 Å². The molecule has 1 aromatic heterocycles. The molecule has 0 bridgehead atoms. The Hall–Kier alpha value is -2.03. The minimum Gasteiger partial charge on any atom is -0.368 e. The summed E-state index contributed by atoms with van der Waals surface area (Å²) in [5, 5.41) is 3.36. The van der Waals surface area contributed by atoms with E-state index in [-0.39, 0.29) is 12.1 Å². The number of anilines is 1. The van der Waals surface area contributed by atoms with Crippen molar-refractivity contribution in [2.45, 2.75) is 37.4 Å². The predicted molar refractivity (Wildman–Crippen MR) is 98.9 cm³/mol. The van der Waals surface area contributed by atoms with Crippen LogP contribution in [0.25, 0.3) is 0 Å². The number of rotatable bonds is 3. The third-order valence-corrected chi connectivity index (χ3v) is 6.61. The fourth-order valence-electron chi connectivity index (χ4n) is 3.67. The molecule has 7 nitrogen and oxygen atoms in total. The highest BCUT2D eigenvalue weighted by Gasteiger charge is 2.35. The third-order valence-electron chi connectivity index (χ3n) is 5.11. The van der Waals surface area contributed by atoms with Crippen molar-refractivity contribution < 1.29 is 8.42 Å². The lowest BCUT2D eigenvalue weighted by atomic mass is 9.93. The molecule has 0 radical (unpaired) electrons. The third kappa shape index (κ3) is 3.58. The summed E-state index contributed by atoms with van der Waals surface area (Å²) in [5.41, 5.74) is 1.80. The molecule has 1 aromatic carbocycles. The monoisotopic (exact) mass is 373 g/mol. The molecule has 138 valence electrons. The van der Waals surface area contributed by atoms with E-state index in [0.29, 0.717) is 10.6 Å². The number of piperidine rings is 1. The van der Waals surface area contributed by atoms with E-state index in [1.54, 1.807) is 12.1 Å². The molecular weight excluding hydrogens is 350 g/mol. The lowest BCUT2D eigenvalue weighted by molar-refractivity contribution is 0.163. The van der Waals surface area contributed by atoms with Crippen LogP contribution in [0.4, 0.5) is 5.69 Å². The van der Waals surface area contributed by atoms with Gasteiger partial charge < -0.3 is 5.32 Å². The van der Waals surface area contributed by atoms with Gasteiger partial charge in [0.05, 0.1) is 11.9 Å². The zero-order valence-corrected chi connectivity index (χ0v) is 15.5. The van der Waals surface area contributed by atoms with Crippen molar-refractivity contribution in [3.8, 4) is 0 Å². The van der Waals surface area contributed by atoms with Crippen molar-refractivity contribution >= 4 is 15.7 Å². The molecule has 2 aliphatic rings. The maximum absolute atomic E-state index is 12.5. The Labute approximate surface area is 153 Å². The molecule has 2 aromatic rings. The van der Waals surface area contributed by atoms with Crippen LogP contribution in [0.15, 0.2) is 41.6 Å². The molecule has 3 heterocycles. The Balaban J connectivity index is 1.39. The first kappa shape index (κ1) is 17.4. The zero-order valence-electron chi connectivity index (χ0n) is 14.7. The molecule has 1 fully saturated rings. The molecule has 8 heteroatoms. The number of para-hydroxylation sites is 1. The first-order chi connectivity index (χ1) is 12.5. The Kier molecular flexibility index (Phi) is 4.64. The topological polar surface area (TPSA) is 87.2 Å². The van der Waals surface area contributed by atoms with Crippen LogP contribution in [0.3, 0.4) is 0 Å². The second-order valence-electron chi connectivity index (χ2n) is 6.99. The Morgan fingerprint density at radius 2 is 1.85 bits per heavy atom. The van der Waals surface area contributed by atoms with E-state index in [4.69, 9.17) is 0 Å². The maximum atomic E-state index is 12.5. The molecule has 0 amide bonds. The molecule has 1 atom stereocenters. The first-order valence-electron chi connectivity index (χ1n) is 8.89. The maximum Gasteiger partial charge on any atom is 0.244 e. The van der Waals surface area contributed by atoms with Crippen LogP contribution in [-0.2, 0) is 16.6 Å². The second kappa shape index (κ2) is 6.94. The van der Waals surface area contributed by atoms with Gasteiger partial charge in [-0.25, -0.2) is 18.4 Å². The van der Waals surface area contributed by atoms with Crippen molar-refractivity contribution in [1.82, 2.24) is 19.6 Å². The minimum atomic E-state index is -3.45. The number of nitrogens with one attached hydrogen (secondary N) is 2. The van der Waals surface area contributed by atoms with E-state index < -0.39 is 10.0 Å². The number of aryl methyl sites for hydroxylation is 1. The number of aromatic nitrogens is 2. The van der Waals surface area contributed by atoms with Gasteiger partial charge in [0, 0.05) is 24.5 Å². The highest BCUT2D eigenvalue weighted by atomic mass is 32.2. The number of hydrogen-bond acceptors (Lipinski definition) is 6. The van der Waals surface area contributed by atoms with Crippen molar-refractivity contribution in [1.29, 1.82) is 0 Å². The number of fused-ring (bicyclic) bond motifs is 1. The molecule has 0 saturated carbocycles. The summed E-state index contributed by atoms with van der Waals surface area (Å²) >= 11 is 0. The van der Waals surface area contributed by atoms with E-state index >= 15 is 0 Å². The average Bonchev–Trinajstić information content (AvgIpc) is 2.64. The van der Waals surface area contributed by atoms with Crippen LogP contribution >= 0.6 is 0 Å². The van der Waals surface area contributed by atoms with Crippen LogP contribution in [0, 0.1) is 12.8 Å². The highest BCUT2D eigenvalue weighted by Crippen LogP contribution is 2.30. The van der Waals surface area contributed by atoms with Gasteiger partial charge in [0.25, 0.3) is 0 Å². The fourth-order valence-corrected chi connectivity index (χ4v) is 5.05. The summed E-state index contributed by atoms with van der Waals surface area (Å²) < 4.78 is 27.8. The van der Waals surface area contributed by atoms with Crippen molar-refractivity contribution in [2.75, 3.05) is 18.4 Å². The second-order valence-corrected chi connectivity index (χ2v) is 8.67. The summed E-state index contributed by atoms with van der Waals surface area (Å²) in [5.74, 6) is 1.05. The van der Waals surface area contributed by atoms with Gasteiger partial charge in [0.1, 0.15) is 10.7 Å². The Bertz CT molecular complexity index is 877. The summed E-state index contributed by atoms with van der Waals surface area (Å²) in [4.78, 5) is 11.2. The van der Waals surface area contributed by atoms with Crippen LogP contribution in [0.5, 0.6) is 0 Å². The fraction of sp³-hybridized carbons (Fsp3) is 0.444. The molecule has 2 N–H and O–H groups in total. The number of benzene rings is 1. The van der Waals surface area contributed by atoms with Gasteiger partial charge in [-0.05, 0) is 50.9 Å². The number of likely N-dealkylation sites (tertiary alicyclic amines) is 1. The summed E-state index contributed by atoms with van der Waals surface area (Å²) in [7, 11) is -3.45. The number of hydrogen-bond donors (Lipinski definition) is 2. The predicted octanol–water partition coefficient (Wildman–Crippen LogP) is 1.73. The zero-order chi connectivity index (χ0) is 18.1. The van der Waals surface area contributed by atoms with Gasteiger partial charge in [-0.15, -0.1) is 0 Å². The minimum absolute atomic E-state index is 0.250. The molecular formula is C18H23N5O2S. The quantitative estimate of drug-likeness (QED) is 0.852. The van der Waals surface area contributed by atoms with Crippen molar-refractivity contribution in [2.24, 2.45) is 5.92 Å². The molecule has 4 rings (SSSR count). The summed E-state index contributed by atoms with van der Waals surface area (Å²) in [6.07, 6.45) is 5.38. The summed E-state index contributed by atoms with van der Waals surface area (Å²) in [6.45, 7) is 4.57. The van der Waals surface area contributed by atoms with E-state index in [2.05, 4.69) is 24.9 Å². The molecule has 26 heavy (non-hydrogen) atoms. The number of sulfonamides is 1. The van der Waals surface area contributed by atoms with Gasteiger partial charge in [-0.3, -0.25) is 4.90 Å². The van der Waals surface area contributed by atoms with Crippen molar-refractivity contribution in [3.05, 3.63) is 48.0 Å². The molecule has 2 aliphatic heterocycles.